The summed E-state index contributed by atoms with van der Waals surface area (Å²) in [5.41, 5.74) is -0.00617. The third kappa shape index (κ3) is 2.84. The molecule has 2 fully saturated rings. The summed E-state index contributed by atoms with van der Waals surface area (Å²) in [4.78, 5) is 31.1. The van der Waals surface area contributed by atoms with Crippen LogP contribution >= 0.6 is 0 Å². The maximum absolute atomic E-state index is 13.2. The molecule has 0 radical (unpaired) electrons. The van der Waals surface area contributed by atoms with Gasteiger partial charge >= 0.3 is 5.97 Å². The summed E-state index contributed by atoms with van der Waals surface area (Å²) >= 11 is 0. The Kier molecular flexibility index (Phi) is 4.15. The van der Waals surface area contributed by atoms with E-state index in [1.54, 1.807) is 17.2 Å². The van der Waals surface area contributed by atoms with Crippen molar-refractivity contribution in [3.63, 3.8) is 0 Å². The minimum Gasteiger partial charge on any atom is -0.481 e. The monoisotopic (exact) mass is 354 g/mol. The van der Waals surface area contributed by atoms with Crippen LogP contribution in [0.3, 0.4) is 0 Å². The van der Waals surface area contributed by atoms with Crippen molar-refractivity contribution in [2.45, 2.75) is 31.8 Å². The molecule has 2 heterocycles. The van der Waals surface area contributed by atoms with Gasteiger partial charge in [0.2, 0.25) is 0 Å². The van der Waals surface area contributed by atoms with Gasteiger partial charge in [0.05, 0.1) is 17.2 Å². The smallest absolute Gasteiger partial charge is 0.314 e. The number of pyridine rings is 1. The molecule has 6 heteroatoms. The van der Waals surface area contributed by atoms with Gasteiger partial charge in [-0.1, -0.05) is 31.0 Å². The first kappa shape index (κ1) is 17.0. The normalized spacial score (nSPS) is 26.0. The van der Waals surface area contributed by atoms with Crippen molar-refractivity contribution in [3.8, 4) is 0 Å². The number of benzene rings is 1. The lowest BCUT2D eigenvalue weighted by Crippen LogP contribution is -2.57. The summed E-state index contributed by atoms with van der Waals surface area (Å²) in [6.07, 6.45) is 3.41. The highest BCUT2D eigenvalue weighted by molar-refractivity contribution is 6.06. The first-order chi connectivity index (χ1) is 12.5. The number of aliphatic carboxylic acids is 1. The van der Waals surface area contributed by atoms with E-state index in [1.165, 1.54) is 0 Å². The number of amides is 1. The second kappa shape index (κ2) is 6.36. The summed E-state index contributed by atoms with van der Waals surface area (Å²) in [6.45, 7) is 0.409. The van der Waals surface area contributed by atoms with Crippen LogP contribution < -0.4 is 0 Å². The Morgan fingerprint density at radius 2 is 1.96 bits per heavy atom. The molecular weight excluding hydrogens is 332 g/mol. The molecule has 0 unspecified atom stereocenters. The van der Waals surface area contributed by atoms with Crippen LogP contribution in [0.1, 0.15) is 36.0 Å². The van der Waals surface area contributed by atoms with Crippen molar-refractivity contribution in [1.82, 2.24) is 9.88 Å². The molecule has 4 rings (SSSR count). The average molecular weight is 354 g/mol. The van der Waals surface area contributed by atoms with E-state index in [2.05, 4.69) is 4.98 Å². The zero-order valence-electron chi connectivity index (χ0n) is 14.5. The minimum absolute atomic E-state index is 0.0511. The van der Waals surface area contributed by atoms with E-state index in [1.807, 2.05) is 24.3 Å². The average Bonchev–Trinajstić information content (AvgIpc) is 3.46. The molecule has 26 heavy (non-hydrogen) atoms. The summed E-state index contributed by atoms with van der Waals surface area (Å²) in [6, 6.07) is 9.10. The second-order valence-corrected chi connectivity index (χ2v) is 7.52. The van der Waals surface area contributed by atoms with Crippen LogP contribution in [0.2, 0.25) is 0 Å². The van der Waals surface area contributed by atoms with Gasteiger partial charge < -0.3 is 15.1 Å². The van der Waals surface area contributed by atoms with Gasteiger partial charge in [-0.05, 0) is 30.9 Å². The molecule has 6 nitrogen and oxygen atoms in total. The molecule has 1 saturated heterocycles. The van der Waals surface area contributed by atoms with Gasteiger partial charge in [-0.15, -0.1) is 0 Å². The van der Waals surface area contributed by atoms with Crippen molar-refractivity contribution in [3.05, 3.63) is 42.1 Å². The van der Waals surface area contributed by atoms with E-state index >= 15 is 0 Å². The zero-order valence-corrected chi connectivity index (χ0v) is 14.5. The van der Waals surface area contributed by atoms with Crippen molar-refractivity contribution in [1.29, 1.82) is 0 Å². The molecule has 2 aromatic rings. The number of hydrogen-bond donors (Lipinski definition) is 2. The SMILES string of the molecule is O=C(c1ccnc2ccccc12)N1CC[C@@H](O)[C@](CC2CC2)(C(=O)O)C1. The predicted octanol–water partition coefficient (Wildman–Crippen LogP) is 2.31. The van der Waals surface area contributed by atoms with Gasteiger partial charge in [0.1, 0.15) is 5.41 Å². The number of aromatic nitrogens is 1. The van der Waals surface area contributed by atoms with Crippen molar-refractivity contribution in [2.75, 3.05) is 13.1 Å². The molecule has 2 N–H and O–H groups in total. The number of carboxylic acids is 1. The molecule has 1 amide bonds. The number of fused-ring (bicyclic) bond motifs is 1. The van der Waals surface area contributed by atoms with E-state index in [0.717, 1.165) is 23.7 Å². The molecule has 1 aliphatic carbocycles. The van der Waals surface area contributed by atoms with Crippen LogP contribution in [0.25, 0.3) is 10.9 Å². The molecule has 136 valence electrons. The number of nitrogens with zero attached hydrogens (tertiary/aromatic N) is 2. The molecule has 1 aromatic heterocycles. The first-order valence-corrected chi connectivity index (χ1v) is 9.06. The molecule has 1 saturated carbocycles. The van der Waals surface area contributed by atoms with Gasteiger partial charge in [-0.3, -0.25) is 14.6 Å². The van der Waals surface area contributed by atoms with Crippen LogP contribution in [0.5, 0.6) is 0 Å². The molecule has 0 spiro atoms. The maximum Gasteiger partial charge on any atom is 0.314 e. The highest BCUT2D eigenvalue weighted by Gasteiger charge is 2.52. The molecule has 1 aliphatic heterocycles. The van der Waals surface area contributed by atoms with Crippen LogP contribution in [0.15, 0.2) is 36.5 Å². The maximum atomic E-state index is 13.2. The summed E-state index contributed by atoms with van der Waals surface area (Å²) in [7, 11) is 0. The quantitative estimate of drug-likeness (QED) is 0.879. The Hall–Kier alpha value is -2.47. The number of carbonyl (C=O) groups is 2. The molecule has 2 atom stereocenters. The number of aliphatic hydroxyl groups excluding tert-OH is 1. The highest BCUT2D eigenvalue weighted by Crippen LogP contribution is 2.45. The van der Waals surface area contributed by atoms with Crippen molar-refractivity contribution >= 4 is 22.8 Å². The van der Waals surface area contributed by atoms with Gasteiger partial charge in [-0.25, -0.2) is 0 Å². The topological polar surface area (TPSA) is 90.7 Å². The van der Waals surface area contributed by atoms with Crippen LogP contribution in [0.4, 0.5) is 0 Å². The summed E-state index contributed by atoms with van der Waals surface area (Å²) < 4.78 is 0. The van der Waals surface area contributed by atoms with Crippen molar-refractivity contribution < 1.29 is 19.8 Å². The van der Waals surface area contributed by atoms with Crippen LogP contribution in [-0.4, -0.2) is 51.2 Å². The summed E-state index contributed by atoms with van der Waals surface area (Å²) in [5.74, 6) is -0.858. The molecule has 1 aromatic carbocycles. The molecule has 2 aliphatic rings. The second-order valence-electron chi connectivity index (χ2n) is 7.52. The highest BCUT2D eigenvalue weighted by atomic mass is 16.4. The number of hydrogen-bond acceptors (Lipinski definition) is 4. The van der Waals surface area contributed by atoms with Gasteiger partial charge in [-0.2, -0.15) is 0 Å². The van der Waals surface area contributed by atoms with E-state index in [9.17, 15) is 19.8 Å². The predicted molar refractivity (Wildman–Crippen MR) is 95.7 cm³/mol. The first-order valence-electron chi connectivity index (χ1n) is 9.06. The molecular formula is C20H22N2O4. The number of carboxylic acid groups (broad SMARTS) is 1. The number of carbonyl (C=O) groups excluding carboxylic acids is 1. The Labute approximate surface area is 151 Å². The number of aliphatic hydroxyl groups is 1. The third-order valence-electron chi connectivity index (χ3n) is 5.73. The van der Waals surface area contributed by atoms with E-state index in [0.29, 0.717) is 24.4 Å². The van der Waals surface area contributed by atoms with Crippen molar-refractivity contribution in [2.24, 2.45) is 11.3 Å². The van der Waals surface area contributed by atoms with Crippen LogP contribution in [0, 0.1) is 11.3 Å². The number of rotatable bonds is 4. The van der Waals surface area contributed by atoms with E-state index < -0.39 is 17.5 Å². The van der Waals surface area contributed by atoms with Gasteiger partial charge in [0.25, 0.3) is 5.91 Å². The fourth-order valence-electron chi connectivity index (χ4n) is 4.04. The Bertz CT molecular complexity index is 859. The lowest BCUT2D eigenvalue weighted by atomic mass is 9.73. The number of para-hydroxylation sites is 1. The van der Waals surface area contributed by atoms with Crippen LogP contribution in [-0.2, 0) is 4.79 Å². The largest absolute Gasteiger partial charge is 0.481 e. The van der Waals surface area contributed by atoms with Gasteiger partial charge in [0.15, 0.2) is 0 Å². The number of piperidine rings is 1. The minimum atomic E-state index is -1.27. The Balaban J connectivity index is 1.66. The fraction of sp³-hybridized carbons (Fsp3) is 0.450. The van der Waals surface area contributed by atoms with E-state index in [-0.39, 0.29) is 18.9 Å². The Morgan fingerprint density at radius 3 is 2.69 bits per heavy atom. The third-order valence-corrected chi connectivity index (χ3v) is 5.73. The fourth-order valence-corrected chi connectivity index (χ4v) is 4.04. The standard InChI is InChI=1S/C20H22N2O4/c23-17-8-10-22(12-20(17,19(25)26)11-13-5-6-13)18(24)15-7-9-21-16-4-2-1-3-14(15)16/h1-4,7,9,13,17,23H,5-6,8,10-12H2,(H,25,26)/t17-,20-/m1/s1. The number of likely N-dealkylation sites (tertiary alicyclic amines) is 1. The summed E-state index contributed by atoms with van der Waals surface area (Å²) in [5, 5.41) is 21.1. The lowest BCUT2D eigenvalue weighted by Gasteiger charge is -2.43. The van der Waals surface area contributed by atoms with Gasteiger partial charge in [0, 0.05) is 24.7 Å². The zero-order chi connectivity index (χ0) is 18.3. The van der Waals surface area contributed by atoms with E-state index in [4.69, 9.17) is 0 Å². The molecule has 0 bridgehead atoms. The lowest BCUT2D eigenvalue weighted by molar-refractivity contribution is -0.163. The Morgan fingerprint density at radius 1 is 1.19 bits per heavy atom.